The summed E-state index contributed by atoms with van der Waals surface area (Å²) in [6.45, 7) is 6.78. The van der Waals surface area contributed by atoms with Crippen LogP contribution in [0.2, 0.25) is 0 Å². The molecule has 1 saturated heterocycles. The monoisotopic (exact) mass is 374 g/mol. The van der Waals surface area contributed by atoms with Crippen molar-refractivity contribution >= 4 is 10.8 Å². The summed E-state index contributed by atoms with van der Waals surface area (Å²) in [5.41, 5.74) is 3.78. The number of phenols is 1. The summed E-state index contributed by atoms with van der Waals surface area (Å²) in [6, 6.07) is 18.8. The zero-order valence-corrected chi connectivity index (χ0v) is 16.1. The van der Waals surface area contributed by atoms with Crippen LogP contribution in [0.25, 0.3) is 10.8 Å². The van der Waals surface area contributed by atoms with E-state index in [9.17, 15) is 5.11 Å². The van der Waals surface area contributed by atoms with Gasteiger partial charge in [0.05, 0.1) is 6.61 Å². The molecule has 0 aliphatic carbocycles. The quantitative estimate of drug-likeness (QED) is 0.754. The van der Waals surface area contributed by atoms with Gasteiger partial charge in [-0.2, -0.15) is 0 Å². The van der Waals surface area contributed by atoms with E-state index < -0.39 is 0 Å². The minimum Gasteiger partial charge on any atom is -0.508 e. The number of fused-ring (bicyclic) bond motifs is 2. The number of ether oxygens (including phenoxy) is 1. The molecule has 28 heavy (non-hydrogen) atoms. The van der Waals surface area contributed by atoms with Crippen molar-refractivity contribution in [2.24, 2.45) is 0 Å². The Balaban J connectivity index is 1.23. The van der Waals surface area contributed by atoms with Crippen molar-refractivity contribution in [1.82, 2.24) is 9.80 Å². The second kappa shape index (κ2) is 7.46. The molecule has 0 bridgehead atoms. The van der Waals surface area contributed by atoms with Crippen LogP contribution in [0, 0.1) is 0 Å². The van der Waals surface area contributed by atoms with E-state index in [1.807, 2.05) is 24.3 Å². The molecular weight excluding hydrogens is 348 g/mol. The highest BCUT2D eigenvalue weighted by atomic mass is 16.5. The summed E-state index contributed by atoms with van der Waals surface area (Å²) in [5.74, 6) is 1.46. The normalized spacial score (nSPS) is 17.6. The molecule has 2 aliphatic rings. The molecule has 4 nitrogen and oxygen atoms in total. The van der Waals surface area contributed by atoms with Crippen LogP contribution in [0.3, 0.4) is 0 Å². The maximum absolute atomic E-state index is 10.4. The lowest BCUT2D eigenvalue weighted by Gasteiger charge is -2.35. The van der Waals surface area contributed by atoms with E-state index in [1.54, 1.807) is 0 Å². The third-order valence-corrected chi connectivity index (χ3v) is 6.02. The first-order valence-corrected chi connectivity index (χ1v) is 10.2. The lowest BCUT2D eigenvalue weighted by Crippen LogP contribution is -2.45. The first-order chi connectivity index (χ1) is 13.8. The zero-order valence-electron chi connectivity index (χ0n) is 16.1. The zero-order chi connectivity index (χ0) is 18.9. The molecule has 144 valence electrons. The topological polar surface area (TPSA) is 35.9 Å². The van der Waals surface area contributed by atoms with Gasteiger partial charge in [0.15, 0.2) is 0 Å². The van der Waals surface area contributed by atoms with E-state index in [1.165, 1.54) is 16.5 Å². The molecule has 3 aromatic carbocycles. The highest BCUT2D eigenvalue weighted by molar-refractivity contribution is 5.87. The smallest absolute Gasteiger partial charge is 0.122 e. The van der Waals surface area contributed by atoms with E-state index in [2.05, 4.69) is 40.1 Å². The molecule has 2 heterocycles. The molecular formula is C24H26N2O2. The van der Waals surface area contributed by atoms with Crippen LogP contribution in [0.5, 0.6) is 11.5 Å². The summed E-state index contributed by atoms with van der Waals surface area (Å²) in [5, 5.41) is 12.8. The number of aromatic hydroxyl groups is 1. The fourth-order valence-electron chi connectivity index (χ4n) is 4.42. The summed E-state index contributed by atoms with van der Waals surface area (Å²) >= 11 is 0. The molecule has 2 aliphatic heterocycles. The molecule has 1 N–H and O–H groups in total. The van der Waals surface area contributed by atoms with Crippen molar-refractivity contribution in [3.63, 3.8) is 0 Å². The van der Waals surface area contributed by atoms with Crippen molar-refractivity contribution in [3.05, 3.63) is 71.3 Å². The van der Waals surface area contributed by atoms with Crippen LogP contribution in [-0.4, -0.2) is 47.7 Å². The summed E-state index contributed by atoms with van der Waals surface area (Å²) in [4.78, 5) is 4.98. The molecule has 5 rings (SSSR count). The molecule has 0 unspecified atom stereocenters. The Morgan fingerprint density at radius 3 is 2.50 bits per heavy atom. The van der Waals surface area contributed by atoms with E-state index in [0.717, 1.165) is 69.0 Å². The van der Waals surface area contributed by atoms with E-state index >= 15 is 0 Å². The van der Waals surface area contributed by atoms with Gasteiger partial charge in [-0.25, -0.2) is 0 Å². The Morgan fingerprint density at radius 1 is 0.857 bits per heavy atom. The van der Waals surface area contributed by atoms with Crippen molar-refractivity contribution < 1.29 is 9.84 Å². The van der Waals surface area contributed by atoms with Crippen LogP contribution < -0.4 is 4.74 Å². The Kier molecular flexibility index (Phi) is 4.67. The van der Waals surface area contributed by atoms with Crippen molar-refractivity contribution in [2.45, 2.75) is 19.5 Å². The average molecular weight is 374 g/mol. The average Bonchev–Trinajstić information content (AvgIpc) is 3.19. The number of benzene rings is 3. The lowest BCUT2D eigenvalue weighted by atomic mass is 10.0. The number of hydrogen-bond donors (Lipinski definition) is 1. The molecule has 4 heteroatoms. The summed E-state index contributed by atoms with van der Waals surface area (Å²) in [7, 11) is 0. The van der Waals surface area contributed by atoms with Crippen LogP contribution >= 0.6 is 0 Å². The number of hydrogen-bond acceptors (Lipinski definition) is 4. The summed E-state index contributed by atoms with van der Waals surface area (Å²) < 4.78 is 5.61. The maximum Gasteiger partial charge on any atom is 0.122 e. The predicted octanol–water partition coefficient (Wildman–Crippen LogP) is 3.80. The number of rotatable bonds is 4. The molecule has 1 fully saturated rings. The minimum atomic E-state index is 0.404. The molecule has 0 radical (unpaired) electrons. The van der Waals surface area contributed by atoms with Crippen LogP contribution in [0.4, 0.5) is 0 Å². The second-order valence-electron chi connectivity index (χ2n) is 7.88. The van der Waals surface area contributed by atoms with Gasteiger partial charge in [-0.05, 0) is 34.0 Å². The van der Waals surface area contributed by atoms with Gasteiger partial charge < -0.3 is 9.84 Å². The standard InChI is InChI=1S/C24H26N2O2/c27-23-7-6-19-3-1-2-4-21(19)22(23)17-26-12-10-25(11-13-26)16-18-5-8-24-20(15-18)9-14-28-24/h1-8,15,27H,9-14,16-17H2. The fourth-order valence-corrected chi connectivity index (χ4v) is 4.42. The van der Waals surface area contributed by atoms with E-state index in [0.29, 0.717) is 5.75 Å². The molecule has 3 aromatic rings. The maximum atomic E-state index is 10.4. The highest BCUT2D eigenvalue weighted by Gasteiger charge is 2.20. The van der Waals surface area contributed by atoms with Gasteiger partial charge in [-0.15, -0.1) is 0 Å². The predicted molar refractivity (Wildman–Crippen MR) is 112 cm³/mol. The third-order valence-electron chi connectivity index (χ3n) is 6.02. The van der Waals surface area contributed by atoms with Crippen molar-refractivity contribution in [3.8, 4) is 11.5 Å². The molecule has 0 saturated carbocycles. The van der Waals surface area contributed by atoms with Crippen LogP contribution in [-0.2, 0) is 19.5 Å². The third kappa shape index (κ3) is 3.46. The van der Waals surface area contributed by atoms with Gasteiger partial charge in [0.2, 0.25) is 0 Å². The van der Waals surface area contributed by atoms with Gasteiger partial charge in [0.1, 0.15) is 11.5 Å². The van der Waals surface area contributed by atoms with Crippen LogP contribution in [0.1, 0.15) is 16.7 Å². The van der Waals surface area contributed by atoms with Crippen molar-refractivity contribution in [1.29, 1.82) is 0 Å². The Bertz CT molecular complexity index is 993. The SMILES string of the molecule is Oc1ccc2ccccc2c1CN1CCN(Cc2ccc3c(c2)CCO3)CC1. The first-order valence-electron chi connectivity index (χ1n) is 10.2. The van der Waals surface area contributed by atoms with E-state index in [4.69, 9.17) is 4.74 Å². The second-order valence-corrected chi connectivity index (χ2v) is 7.88. The number of piperazine rings is 1. The van der Waals surface area contributed by atoms with E-state index in [-0.39, 0.29) is 0 Å². The summed E-state index contributed by atoms with van der Waals surface area (Å²) in [6.07, 6.45) is 1.03. The first kappa shape index (κ1) is 17.5. The Labute approximate surface area is 166 Å². The fraction of sp³-hybridized carbons (Fsp3) is 0.333. The molecule has 0 amide bonds. The Morgan fingerprint density at radius 2 is 1.64 bits per heavy atom. The van der Waals surface area contributed by atoms with Gasteiger partial charge in [0.25, 0.3) is 0 Å². The van der Waals surface area contributed by atoms with Gasteiger partial charge in [-0.1, -0.05) is 42.5 Å². The van der Waals surface area contributed by atoms with Gasteiger partial charge >= 0.3 is 0 Å². The number of nitrogens with zero attached hydrogens (tertiary/aromatic N) is 2. The minimum absolute atomic E-state index is 0.404. The van der Waals surface area contributed by atoms with Gasteiger partial charge in [-0.3, -0.25) is 9.80 Å². The molecule has 0 atom stereocenters. The molecule has 0 aromatic heterocycles. The Hall–Kier alpha value is -2.56. The van der Waals surface area contributed by atoms with Gasteiger partial charge in [0, 0.05) is 51.3 Å². The van der Waals surface area contributed by atoms with Crippen LogP contribution in [0.15, 0.2) is 54.6 Å². The lowest BCUT2D eigenvalue weighted by molar-refractivity contribution is 0.121. The largest absolute Gasteiger partial charge is 0.508 e. The van der Waals surface area contributed by atoms with Crippen molar-refractivity contribution in [2.75, 3.05) is 32.8 Å². The molecule has 0 spiro atoms. The highest BCUT2D eigenvalue weighted by Crippen LogP contribution is 2.29. The number of phenolic OH excluding ortho intramolecular Hbond substituents is 1.